The van der Waals surface area contributed by atoms with E-state index in [-0.39, 0.29) is 15.9 Å². The van der Waals surface area contributed by atoms with Crippen molar-refractivity contribution >= 4 is 17.4 Å². The maximum Gasteiger partial charge on any atom is 0.269 e. The van der Waals surface area contributed by atoms with Gasteiger partial charge in [0, 0.05) is 22.3 Å². The number of rotatable bonds is 4. The quantitative estimate of drug-likeness (QED) is 0.458. The molecule has 4 heteroatoms. The van der Waals surface area contributed by atoms with E-state index in [1.165, 1.54) is 16.5 Å². The second kappa shape index (κ2) is 5.89. The summed E-state index contributed by atoms with van der Waals surface area (Å²) in [6.45, 7) is 4.11. The van der Waals surface area contributed by atoms with E-state index in [4.69, 9.17) is 0 Å². The van der Waals surface area contributed by atoms with Crippen LogP contribution in [0, 0.1) is 17.0 Å². The molecule has 3 nitrogen and oxygen atoms in total. The van der Waals surface area contributed by atoms with E-state index in [1.807, 2.05) is 6.07 Å². The Bertz CT molecular complexity index is 581. The van der Waals surface area contributed by atoms with Crippen molar-refractivity contribution in [3.63, 3.8) is 0 Å². The molecule has 19 heavy (non-hydrogen) atoms. The minimum atomic E-state index is -0.354. The van der Waals surface area contributed by atoms with Crippen LogP contribution in [-0.4, -0.2) is 4.92 Å². The fourth-order valence-electron chi connectivity index (χ4n) is 1.78. The molecule has 0 aliphatic heterocycles. The summed E-state index contributed by atoms with van der Waals surface area (Å²) in [7, 11) is 0. The number of non-ortho nitro benzene ring substituents is 1. The van der Waals surface area contributed by atoms with Crippen molar-refractivity contribution in [1.29, 1.82) is 0 Å². The number of nitro benzene ring substituents is 1. The summed E-state index contributed by atoms with van der Waals surface area (Å²) in [4.78, 5) is 11.6. The van der Waals surface area contributed by atoms with Crippen LogP contribution in [0.4, 0.5) is 5.69 Å². The van der Waals surface area contributed by atoms with E-state index in [0.29, 0.717) is 0 Å². The van der Waals surface area contributed by atoms with Crippen molar-refractivity contribution < 1.29 is 4.92 Å². The van der Waals surface area contributed by atoms with Gasteiger partial charge in [0.05, 0.1) is 4.92 Å². The first-order valence-corrected chi connectivity index (χ1v) is 6.92. The lowest BCUT2D eigenvalue weighted by Gasteiger charge is -2.11. The minimum absolute atomic E-state index is 0.147. The van der Waals surface area contributed by atoms with Gasteiger partial charge in [0.1, 0.15) is 0 Å². The van der Waals surface area contributed by atoms with Gasteiger partial charge in [-0.25, -0.2) is 0 Å². The lowest BCUT2D eigenvalue weighted by Crippen LogP contribution is -1.92. The maximum atomic E-state index is 10.8. The van der Waals surface area contributed by atoms with Gasteiger partial charge in [0.15, 0.2) is 0 Å². The summed E-state index contributed by atoms with van der Waals surface area (Å²) in [5.74, 6) is 0. The van der Waals surface area contributed by atoms with E-state index in [9.17, 15) is 10.1 Å². The second-order valence-electron chi connectivity index (χ2n) is 4.43. The summed E-state index contributed by atoms with van der Waals surface area (Å²) < 4.78 is 0. The zero-order chi connectivity index (χ0) is 13.8. The number of thioether (sulfide) groups is 1. The first-order valence-electron chi connectivity index (χ1n) is 6.04. The SMILES string of the molecule is Cc1ccc(SC(C)c2cccc([N+](=O)[O-])c2)cc1. The van der Waals surface area contributed by atoms with Gasteiger partial charge in [-0.2, -0.15) is 0 Å². The van der Waals surface area contributed by atoms with Gasteiger partial charge in [0.25, 0.3) is 5.69 Å². The van der Waals surface area contributed by atoms with Gasteiger partial charge in [-0.1, -0.05) is 29.8 Å². The van der Waals surface area contributed by atoms with Crippen LogP contribution in [-0.2, 0) is 0 Å². The Morgan fingerprint density at radius 2 is 1.84 bits per heavy atom. The summed E-state index contributed by atoms with van der Waals surface area (Å²) >= 11 is 1.70. The molecule has 0 amide bonds. The Balaban J connectivity index is 2.15. The Labute approximate surface area is 116 Å². The first-order chi connectivity index (χ1) is 9.06. The fraction of sp³-hybridized carbons (Fsp3) is 0.200. The van der Waals surface area contributed by atoms with E-state index in [2.05, 4.69) is 38.1 Å². The molecule has 2 rings (SSSR count). The average Bonchev–Trinajstić information content (AvgIpc) is 2.41. The Kier molecular flexibility index (Phi) is 4.22. The summed E-state index contributed by atoms with van der Waals surface area (Å²) in [6, 6.07) is 15.1. The highest BCUT2D eigenvalue weighted by molar-refractivity contribution is 7.99. The average molecular weight is 273 g/mol. The number of aryl methyl sites for hydroxylation is 1. The second-order valence-corrected chi connectivity index (χ2v) is 5.84. The van der Waals surface area contributed by atoms with Crippen molar-refractivity contribution in [3.8, 4) is 0 Å². The Morgan fingerprint density at radius 1 is 1.16 bits per heavy atom. The third kappa shape index (κ3) is 3.58. The molecule has 0 aliphatic carbocycles. The normalized spacial score (nSPS) is 12.1. The summed E-state index contributed by atoms with van der Waals surface area (Å²) in [5, 5.41) is 11.0. The highest BCUT2D eigenvalue weighted by atomic mass is 32.2. The third-order valence-corrected chi connectivity index (χ3v) is 4.05. The van der Waals surface area contributed by atoms with Gasteiger partial charge in [-0.15, -0.1) is 11.8 Å². The molecule has 0 N–H and O–H groups in total. The molecular weight excluding hydrogens is 258 g/mol. The van der Waals surface area contributed by atoms with Crippen molar-refractivity contribution in [2.45, 2.75) is 24.0 Å². The minimum Gasteiger partial charge on any atom is -0.258 e. The van der Waals surface area contributed by atoms with E-state index < -0.39 is 0 Å². The molecule has 2 aromatic carbocycles. The van der Waals surface area contributed by atoms with Crippen LogP contribution in [0.2, 0.25) is 0 Å². The van der Waals surface area contributed by atoms with Crippen molar-refractivity contribution in [3.05, 3.63) is 69.8 Å². The molecule has 0 saturated heterocycles. The number of nitrogens with zero attached hydrogens (tertiary/aromatic N) is 1. The standard InChI is InChI=1S/C15H15NO2S/c1-11-6-8-15(9-7-11)19-12(2)13-4-3-5-14(10-13)16(17)18/h3-10,12H,1-2H3. The van der Waals surface area contributed by atoms with E-state index in [0.717, 1.165) is 5.56 Å². The molecule has 0 fully saturated rings. The van der Waals surface area contributed by atoms with E-state index >= 15 is 0 Å². The van der Waals surface area contributed by atoms with Crippen molar-refractivity contribution in [2.24, 2.45) is 0 Å². The summed E-state index contributed by atoms with van der Waals surface area (Å²) in [5.41, 5.74) is 2.35. The molecule has 0 saturated carbocycles. The topological polar surface area (TPSA) is 43.1 Å². The number of nitro groups is 1. The predicted molar refractivity (Wildman–Crippen MR) is 78.5 cm³/mol. The van der Waals surface area contributed by atoms with Gasteiger partial charge in [-0.05, 0) is 31.5 Å². The van der Waals surface area contributed by atoms with Crippen LogP contribution < -0.4 is 0 Å². The number of benzene rings is 2. The molecule has 98 valence electrons. The smallest absolute Gasteiger partial charge is 0.258 e. The largest absolute Gasteiger partial charge is 0.269 e. The van der Waals surface area contributed by atoms with Crippen molar-refractivity contribution in [2.75, 3.05) is 0 Å². The van der Waals surface area contributed by atoms with Crippen LogP contribution in [0.25, 0.3) is 0 Å². The lowest BCUT2D eigenvalue weighted by molar-refractivity contribution is -0.384. The molecule has 0 aliphatic rings. The van der Waals surface area contributed by atoms with Crippen molar-refractivity contribution in [1.82, 2.24) is 0 Å². The summed E-state index contributed by atoms with van der Waals surface area (Å²) in [6.07, 6.45) is 0. The Hall–Kier alpha value is -1.81. The Morgan fingerprint density at radius 3 is 2.47 bits per heavy atom. The molecule has 0 spiro atoms. The molecule has 0 radical (unpaired) electrons. The number of hydrogen-bond acceptors (Lipinski definition) is 3. The monoisotopic (exact) mass is 273 g/mol. The van der Waals surface area contributed by atoms with Gasteiger partial charge >= 0.3 is 0 Å². The van der Waals surface area contributed by atoms with Crippen LogP contribution in [0.3, 0.4) is 0 Å². The van der Waals surface area contributed by atoms with Crippen LogP contribution in [0.15, 0.2) is 53.4 Å². The zero-order valence-electron chi connectivity index (χ0n) is 10.9. The fourth-order valence-corrected chi connectivity index (χ4v) is 2.76. The molecular formula is C15H15NO2S. The van der Waals surface area contributed by atoms with Crippen LogP contribution in [0.5, 0.6) is 0 Å². The van der Waals surface area contributed by atoms with E-state index in [1.54, 1.807) is 23.9 Å². The molecule has 0 bridgehead atoms. The lowest BCUT2D eigenvalue weighted by atomic mass is 10.1. The molecule has 0 aromatic heterocycles. The van der Waals surface area contributed by atoms with Gasteiger partial charge in [-0.3, -0.25) is 10.1 Å². The molecule has 0 heterocycles. The number of hydrogen-bond donors (Lipinski definition) is 0. The zero-order valence-corrected chi connectivity index (χ0v) is 11.7. The van der Waals surface area contributed by atoms with Crippen LogP contribution in [0.1, 0.15) is 23.3 Å². The van der Waals surface area contributed by atoms with Crippen LogP contribution >= 0.6 is 11.8 Å². The molecule has 1 atom stereocenters. The predicted octanol–water partition coefficient (Wildman–Crippen LogP) is 4.76. The third-order valence-electron chi connectivity index (χ3n) is 2.88. The highest BCUT2D eigenvalue weighted by Crippen LogP contribution is 2.35. The van der Waals surface area contributed by atoms with Gasteiger partial charge in [0.2, 0.25) is 0 Å². The molecule has 1 unspecified atom stereocenters. The maximum absolute atomic E-state index is 10.8. The highest BCUT2D eigenvalue weighted by Gasteiger charge is 2.11. The first kappa shape index (κ1) is 13.6. The van der Waals surface area contributed by atoms with Gasteiger partial charge < -0.3 is 0 Å². The molecule has 2 aromatic rings.